The molecule has 4 rings (SSSR count). The summed E-state index contributed by atoms with van der Waals surface area (Å²) in [6.07, 6.45) is 4.52. The van der Waals surface area contributed by atoms with Crippen molar-refractivity contribution in [3.05, 3.63) is 42.6 Å². The molecule has 0 unspecified atom stereocenters. The van der Waals surface area contributed by atoms with Crippen molar-refractivity contribution < 1.29 is 19.0 Å². The van der Waals surface area contributed by atoms with Crippen LogP contribution in [0.5, 0.6) is 17.4 Å². The standard InChI is InChI=1S/C20H23N3O4/c1-25-16-3-2-4-17(13-16)27-18-6-5-15(14-21-18)22-19(24)23-10-7-20(8-11-23)9-12-26-20/h2-6,13-14H,7-12H2,1H3,(H,22,24). The predicted molar refractivity (Wildman–Crippen MR) is 100 cm³/mol. The van der Waals surface area contributed by atoms with E-state index >= 15 is 0 Å². The van der Waals surface area contributed by atoms with Gasteiger partial charge in [-0.3, -0.25) is 0 Å². The third kappa shape index (κ3) is 3.98. The number of benzene rings is 1. The molecular formula is C20H23N3O4. The first-order chi connectivity index (χ1) is 13.2. The van der Waals surface area contributed by atoms with Crippen LogP contribution in [0.25, 0.3) is 0 Å². The van der Waals surface area contributed by atoms with Gasteiger partial charge < -0.3 is 24.4 Å². The van der Waals surface area contributed by atoms with Crippen molar-refractivity contribution >= 4 is 11.7 Å². The number of piperidine rings is 1. The van der Waals surface area contributed by atoms with E-state index in [1.807, 2.05) is 23.1 Å². The summed E-state index contributed by atoms with van der Waals surface area (Å²) in [5, 5.41) is 2.89. The summed E-state index contributed by atoms with van der Waals surface area (Å²) in [5.41, 5.74) is 0.676. The number of anilines is 1. The summed E-state index contributed by atoms with van der Waals surface area (Å²) in [4.78, 5) is 18.5. The van der Waals surface area contributed by atoms with Crippen LogP contribution in [0.15, 0.2) is 42.6 Å². The normalized spacial score (nSPS) is 17.9. The van der Waals surface area contributed by atoms with Crippen LogP contribution in [-0.4, -0.2) is 48.3 Å². The van der Waals surface area contributed by atoms with Crippen LogP contribution < -0.4 is 14.8 Å². The fraction of sp³-hybridized carbons (Fsp3) is 0.400. The molecule has 7 nitrogen and oxygen atoms in total. The first kappa shape index (κ1) is 17.6. The largest absolute Gasteiger partial charge is 0.497 e. The highest BCUT2D eigenvalue weighted by atomic mass is 16.5. The van der Waals surface area contributed by atoms with Gasteiger partial charge in [0.05, 0.1) is 31.2 Å². The molecular weight excluding hydrogens is 346 g/mol. The Labute approximate surface area is 158 Å². The number of rotatable bonds is 4. The maximum atomic E-state index is 12.4. The van der Waals surface area contributed by atoms with Crippen LogP contribution in [0.3, 0.4) is 0 Å². The molecule has 0 aliphatic carbocycles. The van der Waals surface area contributed by atoms with Crippen LogP contribution >= 0.6 is 0 Å². The molecule has 1 aromatic carbocycles. The van der Waals surface area contributed by atoms with Crippen molar-refractivity contribution in [2.45, 2.75) is 24.9 Å². The summed E-state index contributed by atoms with van der Waals surface area (Å²) < 4.78 is 16.6. The molecule has 2 saturated heterocycles. The maximum Gasteiger partial charge on any atom is 0.321 e. The molecule has 142 valence electrons. The van der Waals surface area contributed by atoms with E-state index in [0.29, 0.717) is 23.1 Å². The minimum absolute atomic E-state index is 0.0391. The molecule has 2 fully saturated rings. The number of methoxy groups -OCH3 is 1. The Morgan fingerprint density at radius 2 is 1.96 bits per heavy atom. The summed E-state index contributed by atoms with van der Waals surface area (Å²) in [7, 11) is 1.61. The third-order valence-corrected chi connectivity index (χ3v) is 5.18. The van der Waals surface area contributed by atoms with Gasteiger partial charge in [-0.25, -0.2) is 9.78 Å². The average Bonchev–Trinajstić information content (AvgIpc) is 2.68. The second-order valence-corrected chi connectivity index (χ2v) is 6.86. The topological polar surface area (TPSA) is 72.9 Å². The fourth-order valence-electron chi connectivity index (χ4n) is 3.40. The number of hydrogen-bond acceptors (Lipinski definition) is 5. The zero-order valence-corrected chi connectivity index (χ0v) is 15.3. The zero-order chi connectivity index (χ0) is 18.7. The van der Waals surface area contributed by atoms with Crippen LogP contribution in [0.4, 0.5) is 10.5 Å². The molecule has 0 atom stereocenters. The van der Waals surface area contributed by atoms with Gasteiger partial charge in [0, 0.05) is 25.2 Å². The number of urea groups is 1. The molecule has 2 aliphatic heterocycles. The highest BCUT2D eigenvalue weighted by Gasteiger charge is 2.41. The molecule has 1 N–H and O–H groups in total. The van der Waals surface area contributed by atoms with Crippen LogP contribution in [-0.2, 0) is 4.74 Å². The molecule has 1 aromatic heterocycles. The van der Waals surface area contributed by atoms with Gasteiger partial charge in [-0.1, -0.05) is 6.07 Å². The Bertz CT molecular complexity index is 795. The van der Waals surface area contributed by atoms with Crippen LogP contribution in [0, 0.1) is 0 Å². The molecule has 0 bridgehead atoms. The van der Waals surface area contributed by atoms with E-state index < -0.39 is 0 Å². The zero-order valence-electron chi connectivity index (χ0n) is 15.3. The molecule has 2 amide bonds. The Balaban J connectivity index is 1.31. The minimum Gasteiger partial charge on any atom is -0.497 e. The Morgan fingerprint density at radius 1 is 1.19 bits per heavy atom. The minimum atomic E-state index is -0.104. The lowest BCUT2D eigenvalue weighted by molar-refractivity contribution is -0.168. The first-order valence-electron chi connectivity index (χ1n) is 9.14. The molecule has 0 saturated carbocycles. The third-order valence-electron chi connectivity index (χ3n) is 5.18. The van der Waals surface area contributed by atoms with Gasteiger partial charge in [-0.15, -0.1) is 0 Å². The Hall–Kier alpha value is -2.80. The lowest BCUT2D eigenvalue weighted by Gasteiger charge is -2.47. The summed E-state index contributed by atoms with van der Waals surface area (Å²) >= 11 is 0. The molecule has 2 aliphatic rings. The summed E-state index contributed by atoms with van der Waals surface area (Å²) in [5.74, 6) is 1.80. The summed E-state index contributed by atoms with van der Waals surface area (Å²) in [6, 6.07) is 10.7. The first-order valence-corrected chi connectivity index (χ1v) is 9.14. The van der Waals surface area contributed by atoms with Crippen molar-refractivity contribution in [3.8, 4) is 17.4 Å². The van der Waals surface area contributed by atoms with Crippen molar-refractivity contribution in [3.63, 3.8) is 0 Å². The van der Waals surface area contributed by atoms with Crippen molar-refractivity contribution in [2.75, 3.05) is 32.1 Å². The molecule has 2 aromatic rings. The average molecular weight is 369 g/mol. The molecule has 3 heterocycles. The van der Waals surface area contributed by atoms with Gasteiger partial charge in [0.25, 0.3) is 0 Å². The van der Waals surface area contributed by atoms with Gasteiger partial charge in [0.2, 0.25) is 5.88 Å². The lowest BCUT2D eigenvalue weighted by atomic mass is 9.84. The Kier molecular flexibility index (Phi) is 4.85. The van der Waals surface area contributed by atoms with Gasteiger partial charge in [-0.2, -0.15) is 0 Å². The maximum absolute atomic E-state index is 12.4. The van der Waals surface area contributed by atoms with E-state index in [1.54, 1.807) is 31.5 Å². The number of amides is 2. The number of ether oxygens (including phenoxy) is 3. The number of nitrogens with one attached hydrogen (secondary N) is 1. The number of likely N-dealkylation sites (tertiary alicyclic amines) is 1. The molecule has 27 heavy (non-hydrogen) atoms. The monoisotopic (exact) mass is 369 g/mol. The summed E-state index contributed by atoms with van der Waals surface area (Å²) in [6.45, 7) is 2.29. The van der Waals surface area contributed by atoms with Crippen LogP contribution in [0.2, 0.25) is 0 Å². The quantitative estimate of drug-likeness (QED) is 0.890. The van der Waals surface area contributed by atoms with E-state index in [2.05, 4.69) is 10.3 Å². The predicted octanol–water partition coefficient (Wildman–Crippen LogP) is 3.67. The molecule has 1 spiro atoms. The van der Waals surface area contributed by atoms with Crippen molar-refractivity contribution in [2.24, 2.45) is 0 Å². The number of carbonyl (C=O) groups is 1. The fourth-order valence-corrected chi connectivity index (χ4v) is 3.40. The number of nitrogens with zero attached hydrogens (tertiary/aromatic N) is 2. The van der Waals surface area contributed by atoms with E-state index in [4.69, 9.17) is 14.2 Å². The van der Waals surface area contributed by atoms with Crippen molar-refractivity contribution in [1.29, 1.82) is 0 Å². The smallest absolute Gasteiger partial charge is 0.321 e. The van der Waals surface area contributed by atoms with Gasteiger partial charge in [0.1, 0.15) is 11.5 Å². The van der Waals surface area contributed by atoms with E-state index in [9.17, 15) is 4.79 Å². The van der Waals surface area contributed by atoms with Gasteiger partial charge in [0.15, 0.2) is 0 Å². The number of aromatic nitrogens is 1. The Morgan fingerprint density at radius 3 is 2.59 bits per heavy atom. The lowest BCUT2D eigenvalue weighted by Crippen LogP contribution is -2.54. The molecule has 7 heteroatoms. The highest BCUT2D eigenvalue weighted by molar-refractivity contribution is 5.89. The number of hydrogen-bond donors (Lipinski definition) is 1. The van der Waals surface area contributed by atoms with Crippen molar-refractivity contribution in [1.82, 2.24) is 9.88 Å². The molecule has 0 radical (unpaired) electrons. The van der Waals surface area contributed by atoms with E-state index in [0.717, 1.165) is 39.0 Å². The number of carbonyl (C=O) groups excluding carboxylic acids is 1. The SMILES string of the molecule is COc1cccc(Oc2ccc(NC(=O)N3CCC4(CCO4)CC3)cn2)c1. The second-order valence-electron chi connectivity index (χ2n) is 6.86. The van der Waals surface area contributed by atoms with Gasteiger partial charge in [-0.05, 0) is 37.5 Å². The number of pyridine rings is 1. The second kappa shape index (κ2) is 7.44. The highest BCUT2D eigenvalue weighted by Crippen LogP contribution is 2.36. The van der Waals surface area contributed by atoms with E-state index in [-0.39, 0.29) is 11.6 Å². The van der Waals surface area contributed by atoms with E-state index in [1.165, 1.54) is 0 Å². The van der Waals surface area contributed by atoms with Gasteiger partial charge >= 0.3 is 6.03 Å². The van der Waals surface area contributed by atoms with Crippen LogP contribution in [0.1, 0.15) is 19.3 Å².